The number of sulfonamides is 1. The van der Waals surface area contributed by atoms with Gasteiger partial charge in [-0.2, -0.15) is 4.31 Å². The molecule has 1 saturated heterocycles. The van der Waals surface area contributed by atoms with E-state index in [0.29, 0.717) is 26.0 Å². The number of piperidine rings is 1. The highest BCUT2D eigenvalue weighted by molar-refractivity contribution is 7.89. The van der Waals surface area contributed by atoms with Gasteiger partial charge in [-0.15, -0.1) is 0 Å². The molecule has 2 N–H and O–H groups in total. The Morgan fingerprint density at radius 1 is 1.27 bits per heavy atom. The maximum Gasteiger partial charge on any atom is 0.246 e. The van der Waals surface area contributed by atoms with Gasteiger partial charge in [0.05, 0.1) is 6.10 Å². The number of hydrogen-bond acceptors (Lipinski definition) is 4. The van der Waals surface area contributed by atoms with E-state index < -0.39 is 26.6 Å². The Kier molecular flexibility index (Phi) is 5.85. The van der Waals surface area contributed by atoms with Gasteiger partial charge in [0.1, 0.15) is 4.90 Å². The molecule has 5 nitrogen and oxygen atoms in total. The molecule has 0 amide bonds. The van der Waals surface area contributed by atoms with Crippen molar-refractivity contribution in [3.8, 4) is 0 Å². The van der Waals surface area contributed by atoms with Gasteiger partial charge in [0, 0.05) is 19.7 Å². The Bertz CT molecular complexity index is 602. The summed E-state index contributed by atoms with van der Waals surface area (Å²) in [5.74, 6) is -2.50. The van der Waals surface area contributed by atoms with E-state index in [1.165, 1.54) is 10.4 Å². The molecule has 124 valence electrons. The largest absolute Gasteiger partial charge is 0.378 e. The molecule has 1 aromatic carbocycles. The minimum atomic E-state index is -4.02. The van der Waals surface area contributed by atoms with Crippen molar-refractivity contribution in [1.82, 2.24) is 4.31 Å². The van der Waals surface area contributed by atoms with Crippen LogP contribution in [0.5, 0.6) is 0 Å². The van der Waals surface area contributed by atoms with Crippen molar-refractivity contribution < 1.29 is 21.9 Å². The molecule has 0 saturated carbocycles. The van der Waals surface area contributed by atoms with Crippen LogP contribution >= 0.6 is 0 Å². The zero-order chi connectivity index (χ0) is 16.2. The highest BCUT2D eigenvalue weighted by atomic mass is 32.2. The van der Waals surface area contributed by atoms with E-state index in [0.717, 1.165) is 18.6 Å². The first-order valence-electron chi connectivity index (χ1n) is 7.22. The molecule has 0 radical (unpaired) electrons. The lowest BCUT2D eigenvalue weighted by atomic mass is 10.1. The fourth-order valence-corrected chi connectivity index (χ4v) is 3.94. The van der Waals surface area contributed by atoms with E-state index in [1.54, 1.807) is 0 Å². The highest BCUT2D eigenvalue weighted by Crippen LogP contribution is 2.25. The van der Waals surface area contributed by atoms with E-state index >= 15 is 0 Å². The predicted molar refractivity (Wildman–Crippen MR) is 77.8 cm³/mol. The standard InChI is InChI=1S/C14H20F2N2O3S/c15-12-3-1-4-13(14(12)16)22(19,20)18-8-5-11(6-9-18)21-10-2-7-17/h1,3-4,11H,2,5-10,17H2. The van der Waals surface area contributed by atoms with Crippen molar-refractivity contribution in [3.63, 3.8) is 0 Å². The molecule has 1 aliphatic heterocycles. The molecule has 8 heteroatoms. The van der Waals surface area contributed by atoms with Crippen LogP contribution in [0.2, 0.25) is 0 Å². The van der Waals surface area contributed by atoms with Crippen molar-refractivity contribution in [2.75, 3.05) is 26.2 Å². The van der Waals surface area contributed by atoms with E-state index in [-0.39, 0.29) is 19.2 Å². The second-order valence-electron chi connectivity index (χ2n) is 5.17. The maximum atomic E-state index is 13.7. The van der Waals surface area contributed by atoms with E-state index in [1.807, 2.05) is 0 Å². The third-order valence-corrected chi connectivity index (χ3v) is 5.55. The topological polar surface area (TPSA) is 72.6 Å². The SMILES string of the molecule is NCCCOC1CCN(S(=O)(=O)c2cccc(F)c2F)CC1. The number of rotatable bonds is 6. The molecule has 2 rings (SSSR count). The van der Waals surface area contributed by atoms with Crippen LogP contribution in [0.25, 0.3) is 0 Å². The molecule has 1 fully saturated rings. The van der Waals surface area contributed by atoms with Crippen molar-refractivity contribution >= 4 is 10.0 Å². The lowest BCUT2D eigenvalue weighted by Crippen LogP contribution is -2.41. The fraction of sp³-hybridized carbons (Fsp3) is 0.571. The van der Waals surface area contributed by atoms with Crippen LogP contribution in [-0.4, -0.2) is 45.1 Å². The normalized spacial score (nSPS) is 17.8. The number of nitrogens with zero attached hydrogens (tertiary/aromatic N) is 1. The van der Waals surface area contributed by atoms with Gasteiger partial charge in [-0.25, -0.2) is 17.2 Å². The summed E-state index contributed by atoms with van der Waals surface area (Å²) in [6.07, 6.45) is 1.80. The quantitative estimate of drug-likeness (QED) is 0.800. The molecule has 0 atom stereocenters. The van der Waals surface area contributed by atoms with Crippen LogP contribution in [0, 0.1) is 11.6 Å². The molecule has 1 aromatic rings. The zero-order valence-electron chi connectivity index (χ0n) is 12.2. The van der Waals surface area contributed by atoms with Gasteiger partial charge in [-0.3, -0.25) is 0 Å². The minimum Gasteiger partial charge on any atom is -0.378 e. The van der Waals surface area contributed by atoms with Crippen LogP contribution in [0.15, 0.2) is 23.1 Å². The maximum absolute atomic E-state index is 13.7. The average molecular weight is 334 g/mol. The van der Waals surface area contributed by atoms with Crippen LogP contribution < -0.4 is 5.73 Å². The zero-order valence-corrected chi connectivity index (χ0v) is 13.0. The van der Waals surface area contributed by atoms with Gasteiger partial charge in [0.25, 0.3) is 0 Å². The van der Waals surface area contributed by atoms with Crippen LogP contribution in [-0.2, 0) is 14.8 Å². The van der Waals surface area contributed by atoms with E-state index in [2.05, 4.69) is 0 Å². The summed E-state index contributed by atoms with van der Waals surface area (Å²) in [6.45, 7) is 1.55. The molecule has 1 heterocycles. The lowest BCUT2D eigenvalue weighted by molar-refractivity contribution is 0.0208. The van der Waals surface area contributed by atoms with Crippen LogP contribution in [0.4, 0.5) is 8.78 Å². The molecule has 22 heavy (non-hydrogen) atoms. The molecular formula is C14H20F2N2O3S. The number of ether oxygens (including phenoxy) is 1. The van der Waals surface area contributed by atoms with E-state index in [4.69, 9.17) is 10.5 Å². The number of nitrogens with two attached hydrogens (primary N) is 1. The van der Waals surface area contributed by atoms with Crippen LogP contribution in [0.3, 0.4) is 0 Å². The Morgan fingerprint density at radius 2 is 1.95 bits per heavy atom. The number of benzene rings is 1. The second kappa shape index (κ2) is 7.45. The van der Waals surface area contributed by atoms with Gasteiger partial charge in [-0.1, -0.05) is 6.07 Å². The third-order valence-electron chi connectivity index (χ3n) is 3.64. The highest BCUT2D eigenvalue weighted by Gasteiger charge is 2.32. The smallest absolute Gasteiger partial charge is 0.246 e. The van der Waals surface area contributed by atoms with Crippen molar-refractivity contribution in [2.45, 2.75) is 30.3 Å². The molecule has 1 aliphatic rings. The summed E-state index contributed by atoms with van der Waals surface area (Å²) >= 11 is 0. The Hall–Kier alpha value is -1.09. The number of hydrogen-bond donors (Lipinski definition) is 1. The van der Waals surface area contributed by atoms with Gasteiger partial charge < -0.3 is 10.5 Å². The van der Waals surface area contributed by atoms with Gasteiger partial charge in [0.15, 0.2) is 11.6 Å². The lowest BCUT2D eigenvalue weighted by Gasteiger charge is -2.31. The van der Waals surface area contributed by atoms with Crippen molar-refractivity contribution in [2.24, 2.45) is 5.73 Å². The van der Waals surface area contributed by atoms with Gasteiger partial charge >= 0.3 is 0 Å². The monoisotopic (exact) mass is 334 g/mol. The van der Waals surface area contributed by atoms with Crippen molar-refractivity contribution in [3.05, 3.63) is 29.8 Å². The molecule has 0 aromatic heterocycles. The minimum absolute atomic E-state index is 0.0182. The third kappa shape index (κ3) is 3.81. The number of halogens is 2. The predicted octanol–water partition coefficient (Wildman–Crippen LogP) is 1.48. The molecule has 0 unspecified atom stereocenters. The Labute approximate surface area is 129 Å². The molecular weight excluding hydrogens is 314 g/mol. The first-order valence-corrected chi connectivity index (χ1v) is 8.66. The van der Waals surface area contributed by atoms with E-state index in [9.17, 15) is 17.2 Å². The second-order valence-corrected chi connectivity index (χ2v) is 7.07. The summed E-state index contributed by atoms with van der Waals surface area (Å²) < 4.78 is 58.5. The molecule has 0 spiro atoms. The molecule has 0 aliphatic carbocycles. The van der Waals surface area contributed by atoms with Crippen molar-refractivity contribution in [1.29, 1.82) is 0 Å². The summed E-state index contributed by atoms with van der Waals surface area (Å²) in [4.78, 5) is -0.616. The molecule has 0 bridgehead atoms. The fourth-order valence-electron chi connectivity index (χ4n) is 2.39. The summed E-state index contributed by atoms with van der Waals surface area (Å²) in [6, 6.07) is 3.16. The summed E-state index contributed by atoms with van der Waals surface area (Å²) in [5, 5.41) is 0. The first kappa shape index (κ1) is 17.3. The summed E-state index contributed by atoms with van der Waals surface area (Å²) in [7, 11) is -4.02. The average Bonchev–Trinajstić information content (AvgIpc) is 2.50. The van der Waals surface area contributed by atoms with Gasteiger partial charge in [0.2, 0.25) is 10.0 Å². The summed E-state index contributed by atoms with van der Waals surface area (Å²) in [5.41, 5.74) is 5.38. The van der Waals surface area contributed by atoms with Gasteiger partial charge in [-0.05, 0) is 37.9 Å². The Morgan fingerprint density at radius 3 is 2.59 bits per heavy atom. The van der Waals surface area contributed by atoms with Crippen LogP contribution in [0.1, 0.15) is 19.3 Å². The first-order chi connectivity index (χ1) is 10.5. The Balaban J connectivity index is 2.02.